The average molecular weight is 297 g/mol. The largest absolute Gasteiger partial charge is 0.436 e. The molecule has 1 fully saturated rings. The van der Waals surface area contributed by atoms with Crippen LogP contribution in [0.25, 0.3) is 0 Å². The molecule has 118 valence electrons. The third kappa shape index (κ3) is 6.45. The fraction of sp³-hybridized carbons (Fsp3) is 0.786. The first kappa shape index (κ1) is 17.2. The van der Waals surface area contributed by atoms with Gasteiger partial charge < -0.3 is 19.7 Å². The molecule has 1 saturated heterocycles. The van der Waals surface area contributed by atoms with Crippen molar-refractivity contribution in [3.8, 4) is 6.07 Å². The number of amides is 2. The minimum atomic E-state index is -0.895. The SMILES string of the molecule is CC(C)(C)CC(OC(=O)N1CCOCC1)C(=O)NCC#N. The van der Waals surface area contributed by atoms with E-state index in [-0.39, 0.29) is 12.0 Å². The van der Waals surface area contributed by atoms with Crippen molar-refractivity contribution in [3.63, 3.8) is 0 Å². The second-order valence-corrected chi connectivity index (χ2v) is 6.11. The molecule has 1 atom stereocenters. The normalized spacial score (nSPS) is 16.8. The van der Waals surface area contributed by atoms with Crippen molar-refractivity contribution in [2.45, 2.75) is 33.3 Å². The van der Waals surface area contributed by atoms with Crippen LogP contribution in [0.3, 0.4) is 0 Å². The summed E-state index contributed by atoms with van der Waals surface area (Å²) < 4.78 is 10.5. The molecule has 1 aliphatic heterocycles. The minimum absolute atomic E-state index is 0.103. The van der Waals surface area contributed by atoms with E-state index in [2.05, 4.69) is 5.32 Å². The zero-order chi connectivity index (χ0) is 15.9. The molecule has 0 spiro atoms. The number of morpholine rings is 1. The van der Waals surface area contributed by atoms with Gasteiger partial charge in [-0.2, -0.15) is 5.26 Å². The number of carbonyl (C=O) groups excluding carboxylic acids is 2. The standard InChI is InChI=1S/C14H23N3O4/c1-14(2,3)10-11(12(18)16-5-4-15)21-13(19)17-6-8-20-9-7-17/h11H,5-10H2,1-3H3,(H,16,18). The van der Waals surface area contributed by atoms with Gasteiger partial charge in [-0.15, -0.1) is 0 Å². The van der Waals surface area contributed by atoms with E-state index < -0.39 is 18.1 Å². The highest BCUT2D eigenvalue weighted by Crippen LogP contribution is 2.23. The van der Waals surface area contributed by atoms with Gasteiger partial charge in [0.25, 0.3) is 5.91 Å². The van der Waals surface area contributed by atoms with E-state index in [9.17, 15) is 9.59 Å². The molecule has 0 aromatic rings. The monoisotopic (exact) mass is 297 g/mol. The number of hydrogen-bond acceptors (Lipinski definition) is 5. The third-order valence-corrected chi connectivity index (χ3v) is 2.94. The Bertz CT molecular complexity index is 405. The van der Waals surface area contributed by atoms with Crippen molar-refractivity contribution >= 4 is 12.0 Å². The highest BCUT2D eigenvalue weighted by atomic mass is 16.6. The molecular weight excluding hydrogens is 274 g/mol. The summed E-state index contributed by atoms with van der Waals surface area (Å²) in [5.74, 6) is -0.437. The summed E-state index contributed by atoms with van der Waals surface area (Å²) >= 11 is 0. The Morgan fingerprint density at radius 2 is 2.00 bits per heavy atom. The molecule has 1 heterocycles. The molecule has 1 unspecified atom stereocenters. The molecule has 0 aromatic carbocycles. The van der Waals surface area contributed by atoms with E-state index in [1.54, 1.807) is 0 Å². The van der Waals surface area contributed by atoms with Gasteiger partial charge in [-0.25, -0.2) is 4.79 Å². The summed E-state index contributed by atoms with van der Waals surface area (Å²) in [6.45, 7) is 7.64. The number of nitriles is 1. The van der Waals surface area contributed by atoms with Crippen molar-refractivity contribution in [1.82, 2.24) is 10.2 Å². The van der Waals surface area contributed by atoms with Crippen LogP contribution in [0, 0.1) is 16.7 Å². The number of nitrogens with one attached hydrogen (secondary N) is 1. The van der Waals surface area contributed by atoms with Crippen LogP contribution in [-0.4, -0.2) is 55.9 Å². The number of ether oxygens (including phenoxy) is 2. The average Bonchev–Trinajstić information content (AvgIpc) is 2.43. The van der Waals surface area contributed by atoms with Gasteiger partial charge in [-0.3, -0.25) is 4.79 Å². The first-order valence-electron chi connectivity index (χ1n) is 7.01. The predicted octanol–water partition coefficient (Wildman–Crippen LogP) is 0.900. The van der Waals surface area contributed by atoms with Gasteiger partial charge in [0.05, 0.1) is 19.3 Å². The zero-order valence-corrected chi connectivity index (χ0v) is 12.8. The summed E-state index contributed by atoms with van der Waals surface area (Å²) in [6.07, 6.45) is -1.02. The number of carbonyl (C=O) groups is 2. The van der Waals surface area contributed by atoms with Crippen LogP contribution < -0.4 is 5.32 Å². The van der Waals surface area contributed by atoms with Gasteiger partial charge >= 0.3 is 6.09 Å². The Balaban J connectivity index is 2.64. The fourth-order valence-corrected chi connectivity index (χ4v) is 1.93. The van der Waals surface area contributed by atoms with Gasteiger partial charge in [-0.1, -0.05) is 20.8 Å². The lowest BCUT2D eigenvalue weighted by molar-refractivity contribution is -0.131. The minimum Gasteiger partial charge on any atom is -0.436 e. The van der Waals surface area contributed by atoms with Crippen LogP contribution in [0.5, 0.6) is 0 Å². The second kappa shape index (κ2) is 7.84. The van der Waals surface area contributed by atoms with E-state index in [0.29, 0.717) is 32.7 Å². The molecule has 7 nitrogen and oxygen atoms in total. The van der Waals surface area contributed by atoms with Crippen LogP contribution in [0.15, 0.2) is 0 Å². The summed E-state index contributed by atoms with van der Waals surface area (Å²) in [5.41, 5.74) is -0.181. The topological polar surface area (TPSA) is 91.7 Å². The van der Waals surface area contributed by atoms with Crippen molar-refractivity contribution in [2.75, 3.05) is 32.8 Å². The first-order chi connectivity index (χ1) is 9.83. The van der Waals surface area contributed by atoms with Crippen LogP contribution in [0.4, 0.5) is 4.79 Å². The van der Waals surface area contributed by atoms with Gasteiger partial charge in [0, 0.05) is 13.1 Å². The summed E-state index contributed by atoms with van der Waals surface area (Å²) in [6, 6.07) is 1.83. The van der Waals surface area contributed by atoms with Crippen molar-refractivity contribution < 1.29 is 19.1 Å². The molecule has 1 aliphatic rings. The molecule has 0 aromatic heterocycles. The van der Waals surface area contributed by atoms with Crippen molar-refractivity contribution in [2.24, 2.45) is 5.41 Å². The predicted molar refractivity (Wildman–Crippen MR) is 75.4 cm³/mol. The Labute approximate surface area is 125 Å². The second-order valence-electron chi connectivity index (χ2n) is 6.11. The van der Waals surface area contributed by atoms with Gasteiger partial charge in [0.15, 0.2) is 6.10 Å². The molecule has 7 heteroatoms. The highest BCUT2D eigenvalue weighted by Gasteiger charge is 2.30. The molecule has 0 saturated carbocycles. The highest BCUT2D eigenvalue weighted by molar-refractivity contribution is 5.83. The fourth-order valence-electron chi connectivity index (χ4n) is 1.93. The lowest BCUT2D eigenvalue weighted by Gasteiger charge is -2.30. The first-order valence-corrected chi connectivity index (χ1v) is 7.01. The maximum Gasteiger partial charge on any atom is 0.410 e. The summed E-state index contributed by atoms with van der Waals surface area (Å²) in [5, 5.41) is 11.0. The van der Waals surface area contributed by atoms with Gasteiger partial charge in [-0.05, 0) is 11.8 Å². The number of nitrogens with zero attached hydrogens (tertiary/aromatic N) is 2. The lowest BCUT2D eigenvalue weighted by Crippen LogP contribution is -2.46. The molecule has 0 bridgehead atoms. The zero-order valence-electron chi connectivity index (χ0n) is 12.8. The van der Waals surface area contributed by atoms with Crippen LogP contribution in [0.1, 0.15) is 27.2 Å². The quantitative estimate of drug-likeness (QED) is 0.778. The molecular formula is C14H23N3O4. The van der Waals surface area contributed by atoms with Gasteiger partial charge in [0.2, 0.25) is 0 Å². The van der Waals surface area contributed by atoms with Crippen molar-refractivity contribution in [3.05, 3.63) is 0 Å². The Kier molecular flexibility index (Phi) is 6.43. The smallest absolute Gasteiger partial charge is 0.410 e. The molecule has 2 amide bonds. The maximum absolute atomic E-state index is 12.1. The van der Waals surface area contributed by atoms with E-state index in [1.807, 2.05) is 26.8 Å². The van der Waals surface area contributed by atoms with Gasteiger partial charge in [0.1, 0.15) is 6.54 Å². The molecule has 1 N–H and O–H groups in total. The maximum atomic E-state index is 12.1. The molecule has 0 radical (unpaired) electrons. The summed E-state index contributed by atoms with van der Waals surface area (Å²) in [7, 11) is 0. The Morgan fingerprint density at radius 3 is 2.52 bits per heavy atom. The number of rotatable bonds is 4. The van der Waals surface area contributed by atoms with E-state index in [4.69, 9.17) is 14.7 Å². The Morgan fingerprint density at radius 1 is 1.38 bits per heavy atom. The van der Waals surface area contributed by atoms with Crippen molar-refractivity contribution in [1.29, 1.82) is 5.26 Å². The number of hydrogen-bond donors (Lipinski definition) is 1. The molecule has 0 aliphatic carbocycles. The van der Waals surface area contributed by atoms with Crippen LogP contribution in [0.2, 0.25) is 0 Å². The lowest BCUT2D eigenvalue weighted by atomic mass is 9.89. The van der Waals surface area contributed by atoms with E-state index >= 15 is 0 Å². The van der Waals surface area contributed by atoms with Crippen LogP contribution >= 0.6 is 0 Å². The molecule has 21 heavy (non-hydrogen) atoms. The Hall–Kier alpha value is -1.81. The summed E-state index contributed by atoms with van der Waals surface area (Å²) in [4.78, 5) is 25.6. The molecule has 1 rings (SSSR count). The third-order valence-electron chi connectivity index (χ3n) is 2.94. The van der Waals surface area contributed by atoms with Crippen LogP contribution in [-0.2, 0) is 14.3 Å². The van der Waals surface area contributed by atoms with E-state index in [1.165, 1.54) is 4.90 Å². The van der Waals surface area contributed by atoms with E-state index in [0.717, 1.165) is 0 Å².